The molecule has 1 saturated carbocycles. The van der Waals surface area contributed by atoms with Crippen LogP contribution in [0.1, 0.15) is 37.9 Å². The van der Waals surface area contributed by atoms with E-state index in [-0.39, 0.29) is 12.5 Å². The van der Waals surface area contributed by atoms with Gasteiger partial charge in [0, 0.05) is 14.2 Å². The molecule has 0 aliphatic heterocycles. The first kappa shape index (κ1) is 18.3. The maximum Gasteiger partial charge on any atom is 0.249 e. The van der Waals surface area contributed by atoms with Crippen molar-refractivity contribution in [2.45, 2.75) is 37.6 Å². The maximum absolute atomic E-state index is 12.6. The van der Waals surface area contributed by atoms with E-state index in [1.807, 2.05) is 31.3 Å². The lowest BCUT2D eigenvalue weighted by Crippen LogP contribution is -2.51. The van der Waals surface area contributed by atoms with E-state index in [1.165, 1.54) is 7.11 Å². The zero-order chi connectivity index (χ0) is 18.6. The molecule has 2 aromatic rings. The molecule has 0 atom stereocenters. The topological polar surface area (TPSA) is 82.4 Å². The molecule has 1 aliphatic rings. The van der Waals surface area contributed by atoms with Crippen LogP contribution in [0.2, 0.25) is 0 Å². The molecule has 1 aromatic carbocycles. The standard InChI is InChI=1S/C18H25N5O3/c1-22(16(24)13-25-2)18(11-7-4-8-12-18)17-19-20-21-23(17)14-9-5-6-10-15(14)26-3/h5-6,9-10H,4,7-8,11-13H2,1-3H3. The van der Waals surface area contributed by atoms with Crippen LogP contribution in [0.5, 0.6) is 5.75 Å². The van der Waals surface area contributed by atoms with Crippen molar-refractivity contribution in [2.75, 3.05) is 27.9 Å². The summed E-state index contributed by atoms with van der Waals surface area (Å²) >= 11 is 0. The van der Waals surface area contributed by atoms with E-state index in [2.05, 4.69) is 15.5 Å². The second-order valence-corrected chi connectivity index (χ2v) is 6.56. The van der Waals surface area contributed by atoms with E-state index < -0.39 is 5.54 Å². The van der Waals surface area contributed by atoms with E-state index in [4.69, 9.17) is 9.47 Å². The fourth-order valence-electron chi connectivity index (χ4n) is 3.75. The first-order valence-corrected chi connectivity index (χ1v) is 8.82. The molecular formula is C18H25N5O3. The van der Waals surface area contributed by atoms with Crippen molar-refractivity contribution in [3.63, 3.8) is 0 Å². The molecule has 1 aliphatic carbocycles. The molecular weight excluding hydrogens is 334 g/mol. The molecule has 1 heterocycles. The highest BCUT2D eigenvalue weighted by Gasteiger charge is 2.44. The highest BCUT2D eigenvalue weighted by molar-refractivity contribution is 5.78. The number of hydrogen-bond donors (Lipinski definition) is 0. The van der Waals surface area contributed by atoms with E-state index in [0.717, 1.165) is 37.8 Å². The van der Waals surface area contributed by atoms with Crippen LogP contribution in [0.25, 0.3) is 5.69 Å². The van der Waals surface area contributed by atoms with E-state index in [9.17, 15) is 4.79 Å². The van der Waals surface area contributed by atoms with Crippen molar-refractivity contribution in [1.82, 2.24) is 25.1 Å². The second-order valence-electron chi connectivity index (χ2n) is 6.56. The number of methoxy groups -OCH3 is 2. The van der Waals surface area contributed by atoms with Gasteiger partial charge < -0.3 is 14.4 Å². The number of likely N-dealkylation sites (N-methyl/N-ethyl adjacent to an activating group) is 1. The zero-order valence-corrected chi connectivity index (χ0v) is 15.5. The molecule has 8 heteroatoms. The van der Waals surface area contributed by atoms with Gasteiger partial charge in [-0.1, -0.05) is 31.4 Å². The summed E-state index contributed by atoms with van der Waals surface area (Å²) in [6, 6.07) is 7.59. The number of amides is 1. The first-order chi connectivity index (χ1) is 12.6. The number of hydrogen-bond acceptors (Lipinski definition) is 6. The van der Waals surface area contributed by atoms with Crippen molar-refractivity contribution in [2.24, 2.45) is 0 Å². The number of ether oxygens (including phenoxy) is 2. The third kappa shape index (κ3) is 3.16. The Labute approximate surface area is 153 Å². The minimum Gasteiger partial charge on any atom is -0.494 e. The summed E-state index contributed by atoms with van der Waals surface area (Å²) < 4.78 is 12.2. The van der Waals surface area contributed by atoms with Crippen LogP contribution in [-0.2, 0) is 15.1 Å². The fourth-order valence-corrected chi connectivity index (χ4v) is 3.75. The largest absolute Gasteiger partial charge is 0.494 e. The predicted octanol–water partition coefficient (Wildman–Crippen LogP) is 1.94. The van der Waals surface area contributed by atoms with E-state index in [0.29, 0.717) is 11.6 Å². The molecule has 0 radical (unpaired) electrons. The molecule has 0 saturated heterocycles. The Bertz CT molecular complexity index is 755. The lowest BCUT2D eigenvalue weighted by molar-refractivity contribution is -0.142. The number of benzene rings is 1. The third-order valence-electron chi connectivity index (χ3n) is 5.16. The van der Waals surface area contributed by atoms with Gasteiger partial charge in [-0.05, 0) is 35.4 Å². The molecule has 0 bridgehead atoms. The van der Waals surface area contributed by atoms with Gasteiger partial charge in [0.2, 0.25) is 5.91 Å². The van der Waals surface area contributed by atoms with Gasteiger partial charge in [-0.2, -0.15) is 4.68 Å². The molecule has 1 aromatic heterocycles. The summed E-state index contributed by atoms with van der Waals surface area (Å²) in [6.45, 7) is 0.0362. The van der Waals surface area contributed by atoms with Crippen LogP contribution in [0.4, 0.5) is 0 Å². The fraction of sp³-hybridized carbons (Fsp3) is 0.556. The van der Waals surface area contributed by atoms with Crippen molar-refractivity contribution in [3.05, 3.63) is 30.1 Å². The van der Waals surface area contributed by atoms with Crippen molar-refractivity contribution in [1.29, 1.82) is 0 Å². The molecule has 140 valence electrons. The summed E-state index contributed by atoms with van der Waals surface area (Å²) in [4.78, 5) is 14.4. The Hall–Kier alpha value is -2.48. The van der Waals surface area contributed by atoms with Crippen molar-refractivity contribution >= 4 is 5.91 Å². The quantitative estimate of drug-likeness (QED) is 0.784. The number of carbonyl (C=O) groups is 1. The number of para-hydroxylation sites is 2. The lowest BCUT2D eigenvalue weighted by atomic mass is 9.79. The molecule has 1 fully saturated rings. The van der Waals surface area contributed by atoms with Crippen LogP contribution in [0.15, 0.2) is 24.3 Å². The Kier molecular flexibility index (Phi) is 5.51. The van der Waals surface area contributed by atoms with Gasteiger partial charge in [-0.3, -0.25) is 4.79 Å². The van der Waals surface area contributed by atoms with Gasteiger partial charge in [0.1, 0.15) is 23.6 Å². The predicted molar refractivity (Wildman–Crippen MR) is 95.1 cm³/mol. The number of tetrazole rings is 1. The van der Waals surface area contributed by atoms with Gasteiger partial charge in [0.25, 0.3) is 0 Å². The van der Waals surface area contributed by atoms with Crippen molar-refractivity contribution in [3.8, 4) is 11.4 Å². The highest BCUT2D eigenvalue weighted by atomic mass is 16.5. The zero-order valence-electron chi connectivity index (χ0n) is 15.5. The molecule has 0 N–H and O–H groups in total. The minimum absolute atomic E-state index is 0.0362. The Balaban J connectivity index is 2.09. The number of nitrogens with zero attached hydrogens (tertiary/aromatic N) is 5. The summed E-state index contributed by atoms with van der Waals surface area (Å²) in [7, 11) is 4.96. The average Bonchev–Trinajstić information content (AvgIpc) is 3.18. The SMILES string of the molecule is COCC(=O)N(C)C1(c2nnnn2-c2ccccc2OC)CCCCC1. The highest BCUT2D eigenvalue weighted by Crippen LogP contribution is 2.41. The van der Waals surface area contributed by atoms with Gasteiger partial charge in [0.05, 0.1) is 7.11 Å². The maximum atomic E-state index is 12.6. The minimum atomic E-state index is -0.557. The molecule has 1 amide bonds. The first-order valence-electron chi connectivity index (χ1n) is 8.82. The van der Waals surface area contributed by atoms with Gasteiger partial charge in [-0.25, -0.2) is 0 Å². The van der Waals surface area contributed by atoms with Gasteiger partial charge in [-0.15, -0.1) is 5.10 Å². The molecule has 0 unspecified atom stereocenters. The molecule has 26 heavy (non-hydrogen) atoms. The second kappa shape index (κ2) is 7.82. The van der Waals surface area contributed by atoms with Crippen LogP contribution in [0, 0.1) is 0 Å². The van der Waals surface area contributed by atoms with Gasteiger partial charge >= 0.3 is 0 Å². The van der Waals surface area contributed by atoms with Gasteiger partial charge in [0.15, 0.2) is 5.82 Å². The Morgan fingerprint density at radius 1 is 1.23 bits per heavy atom. The Morgan fingerprint density at radius 3 is 2.65 bits per heavy atom. The van der Waals surface area contributed by atoms with Crippen LogP contribution >= 0.6 is 0 Å². The van der Waals surface area contributed by atoms with E-state index >= 15 is 0 Å². The Morgan fingerprint density at radius 2 is 1.96 bits per heavy atom. The smallest absolute Gasteiger partial charge is 0.249 e. The average molecular weight is 359 g/mol. The third-order valence-corrected chi connectivity index (χ3v) is 5.16. The summed E-state index contributed by atoms with van der Waals surface area (Å²) in [5, 5.41) is 12.5. The molecule has 8 nitrogen and oxygen atoms in total. The van der Waals surface area contributed by atoms with Crippen LogP contribution in [-0.4, -0.2) is 58.9 Å². The van der Waals surface area contributed by atoms with Crippen LogP contribution < -0.4 is 4.74 Å². The summed E-state index contributed by atoms with van der Waals surface area (Å²) in [5.74, 6) is 1.26. The monoisotopic (exact) mass is 359 g/mol. The number of rotatable bonds is 6. The normalized spacial score (nSPS) is 16.3. The number of aromatic nitrogens is 4. The lowest BCUT2D eigenvalue weighted by Gasteiger charge is -2.43. The van der Waals surface area contributed by atoms with Crippen molar-refractivity contribution < 1.29 is 14.3 Å². The van der Waals surface area contributed by atoms with Crippen LogP contribution in [0.3, 0.4) is 0 Å². The molecule has 0 spiro atoms. The summed E-state index contributed by atoms with van der Waals surface area (Å²) in [6.07, 6.45) is 4.81. The number of carbonyl (C=O) groups excluding carboxylic acids is 1. The summed E-state index contributed by atoms with van der Waals surface area (Å²) in [5.41, 5.74) is 0.200. The van der Waals surface area contributed by atoms with E-state index in [1.54, 1.807) is 16.7 Å². The molecule has 3 rings (SSSR count).